The van der Waals surface area contributed by atoms with Crippen molar-refractivity contribution in [2.75, 3.05) is 32.7 Å². The summed E-state index contributed by atoms with van der Waals surface area (Å²) in [5.41, 5.74) is -1.77. The monoisotopic (exact) mass is 647 g/mol. The minimum Gasteiger partial charge on any atom is -0.481 e. The number of hydrogen-bond acceptors (Lipinski definition) is 5. The Balaban J connectivity index is 1.47. The van der Waals surface area contributed by atoms with Gasteiger partial charge in [-0.15, -0.1) is 0 Å². The van der Waals surface area contributed by atoms with Gasteiger partial charge in [-0.25, -0.2) is 4.79 Å². The van der Waals surface area contributed by atoms with Gasteiger partial charge in [0, 0.05) is 43.8 Å². The molecule has 3 aliphatic heterocycles. The fourth-order valence-corrected chi connectivity index (χ4v) is 6.21. The molecule has 0 saturated carbocycles. The Kier molecular flexibility index (Phi) is 9.39. The van der Waals surface area contributed by atoms with E-state index in [0.717, 1.165) is 17.0 Å². The van der Waals surface area contributed by atoms with Gasteiger partial charge in [0.1, 0.15) is 0 Å². The maximum atomic E-state index is 13.8. The number of alkyl halides is 9. The molecule has 3 heterocycles. The van der Waals surface area contributed by atoms with E-state index in [0.29, 0.717) is 19.4 Å². The lowest BCUT2D eigenvalue weighted by molar-refractivity contribution is -0.308. The van der Waals surface area contributed by atoms with Gasteiger partial charge >= 0.3 is 30.6 Å². The van der Waals surface area contributed by atoms with E-state index in [-0.39, 0.29) is 69.5 Å². The van der Waals surface area contributed by atoms with Crippen LogP contribution in [0.15, 0.2) is 18.2 Å². The molecule has 0 aliphatic carbocycles. The SMILES string of the molecule is O=C(O)C1CCN(C(=O)c2cc(CN3CCCC34CCN(C(=O)OC(C(F)(F)F)C(F)(F)F)CC4)cc(C(F)(F)F)c2)CC1. The molecular weight excluding hydrogens is 617 g/mol. The minimum absolute atomic E-state index is 0.0278. The molecule has 0 aromatic heterocycles. The van der Waals surface area contributed by atoms with Crippen LogP contribution in [0.3, 0.4) is 0 Å². The summed E-state index contributed by atoms with van der Waals surface area (Å²) in [5, 5.41) is 9.18. The largest absolute Gasteiger partial charge is 0.481 e. The molecule has 0 unspecified atom stereocenters. The molecule has 2 amide bonds. The number of carboxylic acid groups (broad SMARTS) is 1. The normalized spacial score (nSPS) is 20.4. The van der Waals surface area contributed by atoms with Crippen molar-refractivity contribution in [3.05, 3.63) is 34.9 Å². The molecule has 1 aromatic carbocycles. The third kappa shape index (κ3) is 7.51. The Hall–Kier alpha value is -3.24. The van der Waals surface area contributed by atoms with Gasteiger partial charge in [-0.3, -0.25) is 14.5 Å². The molecule has 3 fully saturated rings. The fourth-order valence-electron chi connectivity index (χ4n) is 6.21. The van der Waals surface area contributed by atoms with Gasteiger partial charge in [0.05, 0.1) is 11.5 Å². The van der Waals surface area contributed by atoms with Crippen molar-refractivity contribution in [1.29, 1.82) is 0 Å². The highest BCUT2D eigenvalue weighted by Gasteiger charge is 2.60. The van der Waals surface area contributed by atoms with Gasteiger partial charge in [0.25, 0.3) is 12.0 Å². The van der Waals surface area contributed by atoms with Crippen molar-refractivity contribution in [2.45, 2.75) is 75.2 Å². The van der Waals surface area contributed by atoms with E-state index in [1.165, 1.54) is 11.0 Å². The van der Waals surface area contributed by atoms with Gasteiger partial charge in [-0.05, 0) is 68.8 Å². The van der Waals surface area contributed by atoms with Crippen molar-refractivity contribution >= 4 is 18.0 Å². The summed E-state index contributed by atoms with van der Waals surface area (Å²) in [4.78, 5) is 40.5. The average molecular weight is 648 g/mol. The number of halogens is 9. The third-order valence-electron chi connectivity index (χ3n) is 8.58. The number of benzene rings is 1. The number of carbonyl (C=O) groups is 3. The molecule has 1 aromatic rings. The van der Waals surface area contributed by atoms with Gasteiger partial charge in [0.15, 0.2) is 0 Å². The number of piperidine rings is 2. The highest BCUT2D eigenvalue weighted by atomic mass is 19.4. The zero-order valence-corrected chi connectivity index (χ0v) is 23.2. The summed E-state index contributed by atoms with van der Waals surface area (Å²) in [6, 6.07) is 3.00. The summed E-state index contributed by atoms with van der Waals surface area (Å²) in [5.74, 6) is -2.32. The second kappa shape index (κ2) is 12.3. The molecule has 17 heteroatoms. The van der Waals surface area contributed by atoms with Crippen LogP contribution in [0.5, 0.6) is 0 Å². The molecule has 4 rings (SSSR count). The number of aliphatic carboxylic acids is 1. The van der Waals surface area contributed by atoms with Gasteiger partial charge in [-0.2, -0.15) is 39.5 Å². The van der Waals surface area contributed by atoms with E-state index in [1.807, 2.05) is 4.90 Å². The summed E-state index contributed by atoms with van der Waals surface area (Å²) >= 11 is 0. The molecular formula is C27H30F9N3O5. The number of carbonyl (C=O) groups excluding carboxylic acids is 2. The first-order valence-corrected chi connectivity index (χ1v) is 13.9. The van der Waals surface area contributed by atoms with Crippen LogP contribution >= 0.6 is 0 Å². The molecule has 0 bridgehead atoms. The lowest BCUT2D eigenvalue weighted by Crippen LogP contribution is -2.54. The first kappa shape index (κ1) is 33.6. The summed E-state index contributed by atoms with van der Waals surface area (Å²) < 4.78 is 122. The predicted octanol–water partition coefficient (Wildman–Crippen LogP) is 5.70. The number of amides is 2. The average Bonchev–Trinajstić information content (AvgIpc) is 3.30. The van der Waals surface area contributed by atoms with Crippen LogP contribution in [-0.4, -0.2) is 94.5 Å². The third-order valence-corrected chi connectivity index (χ3v) is 8.58. The lowest BCUT2D eigenvalue weighted by atomic mass is 9.84. The smallest absolute Gasteiger partial charge is 0.434 e. The van der Waals surface area contributed by atoms with Crippen LogP contribution < -0.4 is 0 Å². The van der Waals surface area contributed by atoms with Crippen molar-refractivity contribution in [1.82, 2.24) is 14.7 Å². The fraction of sp³-hybridized carbons (Fsp3) is 0.667. The quantitative estimate of drug-likeness (QED) is 0.413. The molecule has 3 saturated heterocycles. The maximum Gasteiger partial charge on any atom is 0.434 e. The highest BCUT2D eigenvalue weighted by molar-refractivity contribution is 5.94. The molecule has 44 heavy (non-hydrogen) atoms. The van der Waals surface area contributed by atoms with E-state index >= 15 is 0 Å². The topological polar surface area (TPSA) is 90.4 Å². The molecule has 0 radical (unpaired) electrons. The molecule has 0 atom stereocenters. The van der Waals surface area contributed by atoms with Crippen LogP contribution in [-0.2, 0) is 22.3 Å². The number of rotatable bonds is 5. The second-order valence-corrected chi connectivity index (χ2v) is 11.4. The zero-order chi connectivity index (χ0) is 32.7. The Morgan fingerprint density at radius 1 is 0.841 bits per heavy atom. The maximum absolute atomic E-state index is 13.8. The van der Waals surface area contributed by atoms with E-state index in [9.17, 15) is 59.0 Å². The van der Waals surface area contributed by atoms with E-state index in [4.69, 9.17) is 0 Å². The Labute approximate surface area is 245 Å². The molecule has 1 N–H and O–H groups in total. The molecule has 8 nitrogen and oxygen atoms in total. The van der Waals surface area contributed by atoms with E-state index in [1.54, 1.807) is 0 Å². The minimum atomic E-state index is -5.85. The van der Waals surface area contributed by atoms with Gasteiger partial charge in [0.2, 0.25) is 0 Å². The predicted molar refractivity (Wildman–Crippen MR) is 133 cm³/mol. The Morgan fingerprint density at radius 3 is 1.95 bits per heavy atom. The molecule has 3 aliphatic rings. The standard InChI is InChI=1S/C27H30F9N3O5/c28-25(29,30)19-13-16(12-18(14-19)20(40)37-8-2-17(3-9-37)21(41)42)15-39-7-1-4-24(39)5-10-38(11-6-24)23(43)44-22(26(31,32)33)27(34,35)36/h12-14,17,22H,1-11,15H2,(H,41,42). The van der Waals surface area contributed by atoms with Crippen LogP contribution in [0.4, 0.5) is 44.3 Å². The Morgan fingerprint density at radius 2 is 1.43 bits per heavy atom. The summed E-state index contributed by atoms with van der Waals surface area (Å²) in [6.07, 6.45) is -20.8. The van der Waals surface area contributed by atoms with Gasteiger partial charge in [-0.1, -0.05) is 0 Å². The first-order valence-electron chi connectivity index (χ1n) is 13.9. The van der Waals surface area contributed by atoms with Crippen LogP contribution in [0.2, 0.25) is 0 Å². The summed E-state index contributed by atoms with van der Waals surface area (Å²) in [7, 11) is 0. The molecule has 246 valence electrons. The van der Waals surface area contributed by atoms with Crippen LogP contribution in [0, 0.1) is 5.92 Å². The second-order valence-electron chi connectivity index (χ2n) is 11.4. The number of nitrogens with zero attached hydrogens (tertiary/aromatic N) is 3. The zero-order valence-electron chi connectivity index (χ0n) is 23.2. The van der Waals surface area contributed by atoms with Crippen molar-refractivity contribution in [3.8, 4) is 0 Å². The highest BCUT2D eigenvalue weighted by Crippen LogP contribution is 2.41. The van der Waals surface area contributed by atoms with E-state index in [2.05, 4.69) is 4.74 Å². The van der Waals surface area contributed by atoms with Crippen molar-refractivity contribution < 1.29 is 63.7 Å². The van der Waals surface area contributed by atoms with Gasteiger partial charge < -0.3 is 19.6 Å². The van der Waals surface area contributed by atoms with E-state index < -0.39 is 59.6 Å². The van der Waals surface area contributed by atoms with Crippen molar-refractivity contribution in [3.63, 3.8) is 0 Å². The van der Waals surface area contributed by atoms with Crippen LogP contribution in [0.1, 0.15) is 60.0 Å². The number of carboxylic acids is 1. The Bertz CT molecular complexity index is 1220. The number of likely N-dealkylation sites (tertiary alicyclic amines) is 3. The summed E-state index contributed by atoms with van der Waals surface area (Å²) in [6.45, 7) is 0.0914. The van der Waals surface area contributed by atoms with Crippen molar-refractivity contribution in [2.24, 2.45) is 5.92 Å². The van der Waals surface area contributed by atoms with Crippen LogP contribution in [0.25, 0.3) is 0 Å². The first-order chi connectivity index (χ1) is 20.3. The lowest BCUT2D eigenvalue weighted by Gasteiger charge is -2.45. The number of ether oxygens (including phenoxy) is 1. The number of hydrogen-bond donors (Lipinski definition) is 1. The molecule has 1 spiro atoms.